The second-order valence-electron chi connectivity index (χ2n) is 8.40. The standard InChI is InChI=1S/C22H26N2O3/c1-14(27-3)10-11-21(2)13-17-9-8-16(7-6-15-4-5-15)12-18(17)22(21)19(25)23-20(26)24-22/h8-9,12,14-15H,4-5,10-11,13H2,1-3H3,(H2,23,24,25,26). The first kappa shape index (κ1) is 18.1. The quantitative estimate of drug-likeness (QED) is 0.636. The fraction of sp³-hybridized carbons (Fsp3) is 0.545. The van der Waals surface area contributed by atoms with Crippen molar-refractivity contribution in [3.8, 4) is 11.8 Å². The Morgan fingerprint density at radius 2 is 2.11 bits per heavy atom. The molecule has 5 heteroatoms. The lowest BCUT2D eigenvalue weighted by atomic mass is 9.68. The van der Waals surface area contributed by atoms with Crippen LogP contribution < -0.4 is 10.6 Å². The van der Waals surface area contributed by atoms with Gasteiger partial charge in [0.25, 0.3) is 5.91 Å². The maximum Gasteiger partial charge on any atom is 0.322 e. The Morgan fingerprint density at radius 1 is 1.33 bits per heavy atom. The lowest BCUT2D eigenvalue weighted by Gasteiger charge is -2.39. The highest BCUT2D eigenvalue weighted by Gasteiger charge is 2.63. The number of benzene rings is 1. The minimum atomic E-state index is -1.04. The van der Waals surface area contributed by atoms with Gasteiger partial charge < -0.3 is 10.1 Å². The van der Waals surface area contributed by atoms with E-state index in [0.717, 1.165) is 36.0 Å². The van der Waals surface area contributed by atoms with E-state index in [1.54, 1.807) is 7.11 Å². The van der Waals surface area contributed by atoms with Crippen molar-refractivity contribution in [2.24, 2.45) is 11.3 Å². The van der Waals surface area contributed by atoms with Crippen molar-refractivity contribution in [2.45, 2.75) is 57.6 Å². The number of carbonyl (C=O) groups is 2. The van der Waals surface area contributed by atoms with E-state index in [9.17, 15) is 9.59 Å². The minimum absolute atomic E-state index is 0.0997. The summed E-state index contributed by atoms with van der Waals surface area (Å²) >= 11 is 0. The number of methoxy groups -OCH3 is 1. The lowest BCUT2D eigenvalue weighted by Crippen LogP contribution is -2.54. The second kappa shape index (κ2) is 6.38. The minimum Gasteiger partial charge on any atom is -0.382 e. The van der Waals surface area contributed by atoms with Gasteiger partial charge in [-0.05, 0) is 62.3 Å². The van der Waals surface area contributed by atoms with Gasteiger partial charge in [-0.1, -0.05) is 24.8 Å². The summed E-state index contributed by atoms with van der Waals surface area (Å²) in [4.78, 5) is 25.1. The number of nitrogens with one attached hydrogen (secondary N) is 2. The molecule has 0 radical (unpaired) electrons. The lowest BCUT2D eigenvalue weighted by molar-refractivity contribution is -0.128. The zero-order valence-corrected chi connectivity index (χ0v) is 16.1. The third-order valence-electron chi connectivity index (χ3n) is 6.37. The number of ether oxygens (including phenoxy) is 1. The second-order valence-corrected chi connectivity index (χ2v) is 8.40. The fourth-order valence-corrected chi connectivity index (χ4v) is 4.43. The first-order chi connectivity index (χ1) is 12.9. The van der Waals surface area contributed by atoms with Crippen LogP contribution in [0.15, 0.2) is 18.2 Å². The van der Waals surface area contributed by atoms with Crippen LogP contribution in [-0.2, 0) is 21.5 Å². The number of hydrogen-bond acceptors (Lipinski definition) is 3. The monoisotopic (exact) mass is 366 g/mol. The molecule has 1 heterocycles. The normalized spacial score (nSPS) is 29.7. The van der Waals surface area contributed by atoms with Crippen LogP contribution in [0.3, 0.4) is 0 Å². The molecule has 3 aliphatic rings. The van der Waals surface area contributed by atoms with Crippen LogP contribution in [0, 0.1) is 23.2 Å². The molecule has 1 spiro atoms. The van der Waals surface area contributed by atoms with E-state index in [0.29, 0.717) is 5.92 Å². The van der Waals surface area contributed by atoms with E-state index >= 15 is 0 Å². The highest BCUT2D eigenvalue weighted by Crippen LogP contribution is 2.54. The summed E-state index contributed by atoms with van der Waals surface area (Å²) in [5.41, 5.74) is 1.45. The molecule has 3 amide bonds. The molecule has 1 aromatic carbocycles. The Labute approximate surface area is 160 Å². The first-order valence-electron chi connectivity index (χ1n) is 9.69. The summed E-state index contributed by atoms with van der Waals surface area (Å²) in [5, 5.41) is 5.45. The SMILES string of the molecule is COC(C)CCC1(C)Cc2ccc(C#CC3CC3)cc2C12NC(=O)NC2=O. The number of urea groups is 1. The molecule has 0 bridgehead atoms. The van der Waals surface area contributed by atoms with E-state index in [1.165, 1.54) is 12.8 Å². The van der Waals surface area contributed by atoms with E-state index in [4.69, 9.17) is 4.74 Å². The van der Waals surface area contributed by atoms with Crippen molar-refractivity contribution in [1.82, 2.24) is 10.6 Å². The maximum absolute atomic E-state index is 13.0. The fourth-order valence-electron chi connectivity index (χ4n) is 4.43. The molecule has 1 aromatic rings. The summed E-state index contributed by atoms with van der Waals surface area (Å²) in [6, 6.07) is 5.67. The molecule has 142 valence electrons. The van der Waals surface area contributed by atoms with Crippen LogP contribution in [-0.4, -0.2) is 25.2 Å². The summed E-state index contributed by atoms with van der Waals surface area (Å²) in [7, 11) is 1.70. The van der Waals surface area contributed by atoms with Crippen LogP contribution in [0.1, 0.15) is 56.2 Å². The average molecular weight is 366 g/mol. The largest absolute Gasteiger partial charge is 0.382 e. The van der Waals surface area contributed by atoms with Crippen LogP contribution >= 0.6 is 0 Å². The highest BCUT2D eigenvalue weighted by atomic mass is 16.5. The summed E-state index contributed by atoms with van der Waals surface area (Å²) in [5.74, 6) is 6.78. The van der Waals surface area contributed by atoms with Gasteiger partial charge in [-0.2, -0.15) is 0 Å². The Bertz CT molecular complexity index is 864. The molecule has 1 saturated heterocycles. The molecule has 0 aromatic heterocycles. The van der Waals surface area contributed by atoms with Crippen molar-refractivity contribution in [3.05, 3.63) is 34.9 Å². The van der Waals surface area contributed by atoms with Crippen molar-refractivity contribution >= 4 is 11.9 Å². The van der Waals surface area contributed by atoms with E-state index in [2.05, 4.69) is 35.5 Å². The van der Waals surface area contributed by atoms with Crippen LogP contribution in [0.25, 0.3) is 0 Å². The molecule has 4 rings (SSSR count). The highest BCUT2D eigenvalue weighted by molar-refractivity contribution is 6.08. The van der Waals surface area contributed by atoms with Crippen molar-refractivity contribution < 1.29 is 14.3 Å². The number of rotatable bonds is 4. The Balaban J connectivity index is 1.75. The van der Waals surface area contributed by atoms with Crippen molar-refractivity contribution in [3.63, 3.8) is 0 Å². The predicted molar refractivity (Wildman–Crippen MR) is 102 cm³/mol. The Hall–Kier alpha value is -2.32. The molecule has 1 saturated carbocycles. The molecule has 2 N–H and O–H groups in total. The summed E-state index contributed by atoms with van der Waals surface area (Å²) in [6.45, 7) is 4.12. The third kappa shape index (κ3) is 2.93. The van der Waals surface area contributed by atoms with Crippen molar-refractivity contribution in [2.75, 3.05) is 7.11 Å². The smallest absolute Gasteiger partial charge is 0.322 e. The van der Waals surface area contributed by atoms with Gasteiger partial charge in [0, 0.05) is 24.0 Å². The number of imide groups is 1. The number of hydrogen-bond donors (Lipinski definition) is 2. The number of fused-ring (bicyclic) bond motifs is 2. The van der Waals surface area contributed by atoms with Gasteiger partial charge in [0.05, 0.1) is 6.10 Å². The van der Waals surface area contributed by atoms with Crippen LogP contribution in [0.2, 0.25) is 0 Å². The molecule has 27 heavy (non-hydrogen) atoms. The van der Waals surface area contributed by atoms with Crippen LogP contribution in [0.4, 0.5) is 4.79 Å². The van der Waals surface area contributed by atoms with E-state index in [-0.39, 0.29) is 12.0 Å². The predicted octanol–water partition coefficient (Wildman–Crippen LogP) is 2.86. The molecule has 3 atom stereocenters. The summed E-state index contributed by atoms with van der Waals surface area (Å²) in [6.07, 6.45) is 4.78. The molecule has 1 aliphatic heterocycles. The average Bonchev–Trinajstić information content (AvgIpc) is 3.37. The zero-order valence-electron chi connectivity index (χ0n) is 16.1. The first-order valence-corrected chi connectivity index (χ1v) is 9.69. The molecule has 2 aliphatic carbocycles. The third-order valence-corrected chi connectivity index (χ3v) is 6.37. The van der Waals surface area contributed by atoms with Gasteiger partial charge in [0.2, 0.25) is 0 Å². The van der Waals surface area contributed by atoms with E-state index in [1.807, 2.05) is 19.1 Å². The molecule has 3 unspecified atom stereocenters. The number of carbonyl (C=O) groups excluding carboxylic acids is 2. The van der Waals surface area contributed by atoms with Crippen molar-refractivity contribution in [1.29, 1.82) is 0 Å². The van der Waals surface area contributed by atoms with Gasteiger partial charge in [-0.3, -0.25) is 10.1 Å². The number of amides is 3. The van der Waals surface area contributed by atoms with Gasteiger partial charge in [-0.15, -0.1) is 0 Å². The molecular formula is C22H26N2O3. The summed E-state index contributed by atoms with van der Waals surface area (Å²) < 4.78 is 5.40. The molecule has 5 nitrogen and oxygen atoms in total. The van der Waals surface area contributed by atoms with Gasteiger partial charge >= 0.3 is 6.03 Å². The van der Waals surface area contributed by atoms with Gasteiger partial charge in [-0.25, -0.2) is 4.79 Å². The maximum atomic E-state index is 13.0. The van der Waals surface area contributed by atoms with Gasteiger partial charge in [0.1, 0.15) is 0 Å². The van der Waals surface area contributed by atoms with Gasteiger partial charge in [0.15, 0.2) is 5.54 Å². The Kier molecular flexibility index (Phi) is 4.27. The zero-order chi connectivity index (χ0) is 19.2. The van der Waals surface area contributed by atoms with E-state index < -0.39 is 17.0 Å². The molecule has 2 fully saturated rings. The Morgan fingerprint density at radius 3 is 2.74 bits per heavy atom. The van der Waals surface area contributed by atoms with Crippen LogP contribution in [0.5, 0.6) is 0 Å². The molecular weight excluding hydrogens is 340 g/mol. The topological polar surface area (TPSA) is 67.4 Å².